The van der Waals surface area contributed by atoms with Crippen molar-refractivity contribution in [3.05, 3.63) is 77.9 Å². The number of aryl methyl sites for hydroxylation is 1. The lowest BCUT2D eigenvalue weighted by molar-refractivity contribution is 0.102. The van der Waals surface area contributed by atoms with Crippen molar-refractivity contribution in [1.82, 2.24) is 10.2 Å². The lowest BCUT2D eigenvalue weighted by Crippen LogP contribution is -2.35. The second-order valence-electron chi connectivity index (χ2n) is 8.27. The summed E-state index contributed by atoms with van der Waals surface area (Å²) >= 11 is 0. The van der Waals surface area contributed by atoms with Crippen LogP contribution in [0.3, 0.4) is 0 Å². The summed E-state index contributed by atoms with van der Waals surface area (Å²) in [6.45, 7) is 0.555. The summed E-state index contributed by atoms with van der Waals surface area (Å²) in [6.07, 6.45) is 1.59. The van der Waals surface area contributed by atoms with Gasteiger partial charge in [0, 0.05) is 17.7 Å². The van der Waals surface area contributed by atoms with Crippen LogP contribution in [0.15, 0.2) is 76.0 Å². The molecular formula is C25H20N4O6S. The fraction of sp³-hybridized carbons (Fsp3) is 0.160. The molecule has 1 aromatic heterocycles. The van der Waals surface area contributed by atoms with Crippen LogP contribution in [0.4, 0.5) is 11.7 Å². The van der Waals surface area contributed by atoms with Crippen LogP contribution in [-0.2, 0) is 16.4 Å². The number of aromatic nitrogens is 2. The first-order valence-electron chi connectivity index (χ1n) is 11.2. The maximum atomic E-state index is 13.3. The molecule has 0 saturated carbocycles. The summed E-state index contributed by atoms with van der Waals surface area (Å²) in [7, 11) is -3.77. The van der Waals surface area contributed by atoms with E-state index in [4.69, 9.17) is 13.9 Å². The normalized spacial score (nSPS) is 14.4. The number of nitrogens with zero attached hydrogens (tertiary/aromatic N) is 3. The standard InChI is InChI=1S/C25H20N4O6S/c30-23(26-25-28-27-24(35-25)18-9-12-21-22(14-18)34-15-33-21)17-7-10-19(11-8-17)36(31,32)29-13-3-5-16-4-1-2-6-20(16)29/h1-2,4,6-12,14H,3,5,13,15H2,(H,26,28,30). The van der Waals surface area contributed by atoms with Gasteiger partial charge in [0.2, 0.25) is 12.7 Å². The Labute approximate surface area is 206 Å². The number of nitrogens with one attached hydrogen (secondary N) is 1. The highest BCUT2D eigenvalue weighted by molar-refractivity contribution is 7.92. The van der Waals surface area contributed by atoms with Gasteiger partial charge in [-0.2, -0.15) is 0 Å². The first-order chi connectivity index (χ1) is 17.5. The molecule has 3 aromatic carbocycles. The number of sulfonamides is 1. The van der Waals surface area contributed by atoms with Crippen molar-refractivity contribution in [2.45, 2.75) is 17.7 Å². The van der Waals surface area contributed by atoms with Gasteiger partial charge in [-0.3, -0.25) is 14.4 Å². The maximum absolute atomic E-state index is 13.3. The van der Waals surface area contributed by atoms with Crippen molar-refractivity contribution in [1.29, 1.82) is 0 Å². The number of para-hydroxylation sites is 1. The Kier molecular flexibility index (Phi) is 5.33. The van der Waals surface area contributed by atoms with Gasteiger partial charge < -0.3 is 13.9 Å². The number of hydrogen-bond donors (Lipinski definition) is 1. The molecule has 4 aromatic rings. The zero-order valence-corrected chi connectivity index (χ0v) is 19.7. The summed E-state index contributed by atoms with van der Waals surface area (Å²) in [4.78, 5) is 12.8. The van der Waals surface area contributed by atoms with Gasteiger partial charge in [-0.15, -0.1) is 5.10 Å². The van der Waals surface area contributed by atoms with Gasteiger partial charge in [-0.05, 0) is 66.9 Å². The third-order valence-electron chi connectivity index (χ3n) is 6.04. The number of hydrogen-bond acceptors (Lipinski definition) is 8. The number of benzene rings is 3. The van der Waals surface area contributed by atoms with Crippen molar-refractivity contribution < 1.29 is 27.1 Å². The Morgan fingerprint density at radius 3 is 2.61 bits per heavy atom. The van der Waals surface area contributed by atoms with Gasteiger partial charge in [0.25, 0.3) is 15.9 Å². The first kappa shape index (κ1) is 22.1. The minimum atomic E-state index is -3.77. The molecule has 0 aliphatic carbocycles. The molecule has 11 heteroatoms. The van der Waals surface area contributed by atoms with Crippen LogP contribution in [0.25, 0.3) is 11.5 Å². The molecule has 0 fully saturated rings. The zero-order valence-electron chi connectivity index (χ0n) is 18.9. The number of carbonyl (C=O) groups excluding carboxylic acids is 1. The summed E-state index contributed by atoms with van der Waals surface area (Å²) in [5, 5.41) is 10.4. The molecule has 1 amide bonds. The number of ether oxygens (including phenoxy) is 2. The van der Waals surface area contributed by atoms with E-state index in [1.807, 2.05) is 24.3 Å². The average Bonchev–Trinajstić information content (AvgIpc) is 3.57. The first-order valence-corrected chi connectivity index (χ1v) is 12.7. The van der Waals surface area contributed by atoms with Crippen LogP contribution in [0.1, 0.15) is 22.3 Å². The summed E-state index contributed by atoms with van der Waals surface area (Å²) in [6, 6.07) is 18.3. The molecular weight excluding hydrogens is 484 g/mol. The highest BCUT2D eigenvalue weighted by atomic mass is 32.2. The van der Waals surface area contributed by atoms with Crippen LogP contribution >= 0.6 is 0 Å². The van der Waals surface area contributed by atoms with E-state index >= 15 is 0 Å². The summed E-state index contributed by atoms with van der Waals surface area (Å²) in [5.41, 5.74) is 2.56. The molecule has 1 N–H and O–H groups in total. The second kappa shape index (κ2) is 8.68. The van der Waals surface area contributed by atoms with Gasteiger partial charge in [0.1, 0.15) is 0 Å². The number of anilines is 2. The largest absolute Gasteiger partial charge is 0.454 e. The highest BCUT2D eigenvalue weighted by Crippen LogP contribution is 2.36. The van der Waals surface area contributed by atoms with E-state index in [1.54, 1.807) is 18.2 Å². The molecule has 2 aliphatic heterocycles. The Hall–Kier alpha value is -4.38. The Balaban J connectivity index is 1.17. The molecule has 6 rings (SSSR count). The van der Waals surface area contributed by atoms with Gasteiger partial charge in [-0.25, -0.2) is 8.42 Å². The van der Waals surface area contributed by atoms with E-state index < -0.39 is 15.9 Å². The van der Waals surface area contributed by atoms with Crippen molar-refractivity contribution in [2.24, 2.45) is 0 Å². The van der Waals surface area contributed by atoms with Crippen molar-refractivity contribution >= 4 is 27.6 Å². The molecule has 10 nitrogen and oxygen atoms in total. The fourth-order valence-corrected chi connectivity index (χ4v) is 5.78. The van der Waals surface area contributed by atoms with Crippen LogP contribution in [0.5, 0.6) is 11.5 Å². The Morgan fingerprint density at radius 1 is 0.944 bits per heavy atom. The SMILES string of the molecule is O=C(Nc1nnc(-c2ccc3c(c2)OCO3)o1)c1ccc(S(=O)(=O)N2CCCc3ccccc32)cc1. The highest BCUT2D eigenvalue weighted by Gasteiger charge is 2.29. The lowest BCUT2D eigenvalue weighted by atomic mass is 10.0. The Morgan fingerprint density at radius 2 is 1.75 bits per heavy atom. The van der Waals surface area contributed by atoms with Gasteiger partial charge in [0.15, 0.2) is 11.5 Å². The molecule has 0 radical (unpaired) electrons. The summed E-state index contributed by atoms with van der Waals surface area (Å²) in [5.74, 6) is 0.885. The number of rotatable bonds is 5. The minimum absolute atomic E-state index is 0.0886. The molecule has 2 aliphatic rings. The zero-order chi connectivity index (χ0) is 24.7. The van der Waals surface area contributed by atoms with Gasteiger partial charge in [0.05, 0.1) is 10.6 Å². The molecule has 0 bridgehead atoms. The molecule has 0 saturated heterocycles. The quantitative estimate of drug-likeness (QED) is 0.435. The van der Waals surface area contributed by atoms with E-state index in [1.165, 1.54) is 28.6 Å². The lowest BCUT2D eigenvalue weighted by Gasteiger charge is -2.30. The maximum Gasteiger partial charge on any atom is 0.322 e. The van der Waals surface area contributed by atoms with Gasteiger partial charge >= 0.3 is 6.01 Å². The van der Waals surface area contributed by atoms with Crippen LogP contribution in [-0.4, -0.2) is 37.9 Å². The molecule has 0 spiro atoms. The van der Waals surface area contributed by atoms with Crippen molar-refractivity contribution in [3.8, 4) is 23.0 Å². The fourth-order valence-electron chi connectivity index (χ4n) is 4.24. The molecule has 0 atom stereocenters. The molecule has 0 unspecified atom stereocenters. The van der Waals surface area contributed by atoms with E-state index in [-0.39, 0.29) is 29.2 Å². The average molecular weight is 505 g/mol. The van der Waals surface area contributed by atoms with E-state index in [0.29, 0.717) is 29.3 Å². The van der Waals surface area contributed by atoms with Crippen LogP contribution in [0.2, 0.25) is 0 Å². The molecule has 36 heavy (non-hydrogen) atoms. The van der Waals surface area contributed by atoms with Crippen molar-refractivity contribution in [2.75, 3.05) is 23.0 Å². The third-order valence-corrected chi connectivity index (χ3v) is 7.86. The van der Waals surface area contributed by atoms with E-state index in [2.05, 4.69) is 15.5 Å². The number of carbonyl (C=O) groups is 1. The van der Waals surface area contributed by atoms with E-state index in [9.17, 15) is 13.2 Å². The number of fused-ring (bicyclic) bond motifs is 2. The second-order valence-corrected chi connectivity index (χ2v) is 10.1. The molecule has 3 heterocycles. The summed E-state index contributed by atoms with van der Waals surface area (Å²) < 4.78 is 44.2. The monoisotopic (exact) mass is 504 g/mol. The topological polar surface area (TPSA) is 124 Å². The smallest absolute Gasteiger partial charge is 0.322 e. The van der Waals surface area contributed by atoms with Gasteiger partial charge in [-0.1, -0.05) is 23.3 Å². The predicted octanol–water partition coefficient (Wildman–Crippen LogP) is 3.86. The van der Waals surface area contributed by atoms with Crippen LogP contribution < -0.4 is 19.1 Å². The minimum Gasteiger partial charge on any atom is -0.454 e. The predicted molar refractivity (Wildman–Crippen MR) is 130 cm³/mol. The number of amides is 1. The Bertz CT molecular complexity index is 1570. The third kappa shape index (κ3) is 3.93. The van der Waals surface area contributed by atoms with Crippen molar-refractivity contribution in [3.63, 3.8) is 0 Å². The van der Waals surface area contributed by atoms with Crippen LogP contribution in [0, 0.1) is 0 Å². The molecule has 182 valence electrons. The van der Waals surface area contributed by atoms with E-state index in [0.717, 1.165) is 18.4 Å².